The number of rotatable bonds is 25. The van der Waals surface area contributed by atoms with Crippen molar-refractivity contribution in [3.8, 4) is 0 Å². The molecule has 1 fully saturated rings. The molecule has 0 aliphatic carbocycles. The summed E-state index contributed by atoms with van der Waals surface area (Å²) in [7, 11) is 10.4. The van der Waals surface area contributed by atoms with Gasteiger partial charge in [-0.2, -0.15) is 0 Å². The van der Waals surface area contributed by atoms with Crippen molar-refractivity contribution in [2.24, 2.45) is 23.7 Å². The van der Waals surface area contributed by atoms with Crippen molar-refractivity contribution in [2.75, 3.05) is 54.3 Å². The number of methoxy groups -OCH3 is 2. The Labute approximate surface area is 377 Å². The Morgan fingerprint density at radius 1 is 0.810 bits per heavy atom. The van der Waals surface area contributed by atoms with Crippen LogP contribution in [0.4, 0.5) is 5.69 Å². The molecule has 0 radical (unpaired) electrons. The van der Waals surface area contributed by atoms with Gasteiger partial charge in [-0.25, -0.2) is 0 Å². The molecule has 0 spiro atoms. The highest BCUT2D eigenvalue weighted by Gasteiger charge is 2.43. The largest absolute Gasteiger partial charge is 0.388 e. The molecule has 1 heterocycles. The number of likely N-dealkylation sites (tertiary alicyclic amines) is 1. The third-order valence-electron chi connectivity index (χ3n) is 12.8. The normalized spacial score (nSPS) is 17.9. The molecule has 2 aromatic carbocycles. The van der Waals surface area contributed by atoms with Crippen LogP contribution >= 0.6 is 0 Å². The van der Waals surface area contributed by atoms with Gasteiger partial charge in [-0.05, 0) is 74.4 Å². The summed E-state index contributed by atoms with van der Waals surface area (Å²) in [6.07, 6.45) is 1.41. The fourth-order valence-corrected chi connectivity index (χ4v) is 9.10. The number of nitrogens with one attached hydrogen (secondary N) is 4. The minimum atomic E-state index is -0.774. The maximum Gasteiger partial charge on any atom is 0.245 e. The van der Waals surface area contributed by atoms with Gasteiger partial charge in [0, 0.05) is 59.6 Å². The average molecular weight is 878 g/mol. The molecule has 14 nitrogen and oxygen atoms in total. The van der Waals surface area contributed by atoms with Crippen LogP contribution < -0.4 is 21.3 Å². The van der Waals surface area contributed by atoms with E-state index in [2.05, 4.69) is 21.3 Å². The van der Waals surface area contributed by atoms with Gasteiger partial charge in [0.05, 0.1) is 42.7 Å². The SMILES string of the molecule is CC[C@H](C)[C@@H]([C@@H](CC(=O)N1CCC[C@H]1[C@H](OC)[C@@H](C)C(=O)N[C@H](CC(=O)NCc1ccc(NC)cc1)Cc1ccccc1)OC)N(C)C(=O)[C@@H](NC(=O)[C@H](C(C)C)N(C)C)C(C)C. The van der Waals surface area contributed by atoms with E-state index in [0.29, 0.717) is 25.9 Å². The molecule has 2 aromatic rings. The number of carbonyl (C=O) groups excluding carboxylic acids is 5. The van der Waals surface area contributed by atoms with Crippen LogP contribution in [0.25, 0.3) is 0 Å². The van der Waals surface area contributed by atoms with Crippen molar-refractivity contribution in [3.05, 3.63) is 65.7 Å². The highest BCUT2D eigenvalue weighted by Crippen LogP contribution is 2.30. The highest BCUT2D eigenvalue weighted by atomic mass is 16.5. The van der Waals surface area contributed by atoms with Gasteiger partial charge in [-0.1, -0.05) is 97.4 Å². The van der Waals surface area contributed by atoms with Crippen molar-refractivity contribution in [1.29, 1.82) is 0 Å². The minimum absolute atomic E-state index is 0.0132. The second-order valence-corrected chi connectivity index (χ2v) is 18.3. The number of amides is 5. The quantitative estimate of drug-likeness (QED) is 0.106. The monoisotopic (exact) mass is 878 g/mol. The number of hydrogen-bond acceptors (Lipinski definition) is 9. The summed E-state index contributed by atoms with van der Waals surface area (Å²) >= 11 is 0. The number of ether oxygens (including phenoxy) is 2. The molecule has 0 bridgehead atoms. The zero-order chi connectivity index (χ0) is 47.0. The van der Waals surface area contributed by atoms with E-state index in [1.807, 2.05) is 134 Å². The summed E-state index contributed by atoms with van der Waals surface area (Å²) < 4.78 is 12.1. The first-order chi connectivity index (χ1) is 29.9. The number of carbonyl (C=O) groups is 5. The van der Waals surface area contributed by atoms with E-state index in [1.165, 1.54) is 0 Å². The lowest BCUT2D eigenvalue weighted by atomic mass is 9.89. The van der Waals surface area contributed by atoms with Crippen LogP contribution in [0, 0.1) is 23.7 Å². The molecule has 0 unspecified atom stereocenters. The molecule has 0 saturated carbocycles. The van der Waals surface area contributed by atoms with Crippen molar-refractivity contribution < 1.29 is 33.4 Å². The van der Waals surface area contributed by atoms with Crippen molar-refractivity contribution in [2.45, 2.75) is 136 Å². The van der Waals surface area contributed by atoms with E-state index in [9.17, 15) is 24.0 Å². The van der Waals surface area contributed by atoms with E-state index in [1.54, 1.807) is 26.2 Å². The van der Waals surface area contributed by atoms with Crippen LogP contribution in [0.15, 0.2) is 54.6 Å². The number of likely N-dealkylation sites (N-methyl/N-ethyl adjacent to an activating group) is 2. The van der Waals surface area contributed by atoms with Crippen LogP contribution in [0.1, 0.15) is 91.7 Å². The van der Waals surface area contributed by atoms with E-state index in [4.69, 9.17) is 9.47 Å². The fourth-order valence-electron chi connectivity index (χ4n) is 9.10. The van der Waals surface area contributed by atoms with Crippen molar-refractivity contribution in [3.63, 3.8) is 0 Å². The smallest absolute Gasteiger partial charge is 0.245 e. The van der Waals surface area contributed by atoms with E-state index < -0.39 is 42.3 Å². The molecule has 3 rings (SSSR count). The zero-order valence-corrected chi connectivity index (χ0v) is 40.4. The molecule has 63 heavy (non-hydrogen) atoms. The fraction of sp³-hybridized carbons (Fsp3) is 0.653. The highest BCUT2D eigenvalue weighted by molar-refractivity contribution is 5.90. The molecule has 9 atom stereocenters. The van der Waals surface area contributed by atoms with Crippen LogP contribution in [0.2, 0.25) is 0 Å². The molecule has 0 aromatic heterocycles. The van der Waals surface area contributed by atoms with Gasteiger partial charge in [0.1, 0.15) is 6.04 Å². The Kier molecular flexibility index (Phi) is 21.5. The van der Waals surface area contributed by atoms with Crippen molar-refractivity contribution in [1.82, 2.24) is 30.7 Å². The molecule has 1 saturated heterocycles. The van der Waals surface area contributed by atoms with Crippen LogP contribution in [0.5, 0.6) is 0 Å². The van der Waals surface area contributed by atoms with Gasteiger partial charge < -0.3 is 40.5 Å². The Morgan fingerprint density at radius 2 is 1.46 bits per heavy atom. The second kappa shape index (κ2) is 25.7. The molecule has 14 heteroatoms. The third kappa shape index (κ3) is 15.0. The Balaban J connectivity index is 1.77. The third-order valence-corrected chi connectivity index (χ3v) is 12.8. The van der Waals surface area contributed by atoms with Gasteiger partial charge in [-0.3, -0.25) is 28.9 Å². The molecular formula is C49H79N7O7. The molecule has 1 aliphatic rings. The van der Waals surface area contributed by atoms with Gasteiger partial charge in [0.2, 0.25) is 29.5 Å². The first-order valence-corrected chi connectivity index (χ1v) is 22.8. The van der Waals surface area contributed by atoms with Crippen LogP contribution in [-0.2, 0) is 46.4 Å². The summed E-state index contributed by atoms with van der Waals surface area (Å²) in [5, 5.41) is 12.3. The minimum Gasteiger partial charge on any atom is -0.388 e. The Morgan fingerprint density at radius 3 is 2.00 bits per heavy atom. The van der Waals surface area contributed by atoms with Gasteiger partial charge in [0.25, 0.3) is 0 Å². The standard InChI is InChI=1S/C49H79N7O7/c1-14-33(6)45(55(11)49(61)43(31(2)3)53-48(60)44(32(4)5)54(9)10)40(62-12)29-42(58)56-26-18-21-39(56)46(63-13)34(7)47(59)52-38(27-35-19-16-15-17-20-35)28-41(57)51-30-36-22-24-37(50-8)25-23-36/h15-17,19-20,22-25,31-34,38-40,43-46,50H,14,18,21,26-30H2,1-13H3,(H,51,57)(H,52,59)(H,53,60)/t33-,34+,38-,39-,40+,43-,44-,45-,46+/m0/s1. The maximum atomic E-state index is 14.4. The number of hydrogen-bond donors (Lipinski definition) is 4. The lowest BCUT2D eigenvalue weighted by Crippen LogP contribution is -2.59. The summed E-state index contributed by atoms with van der Waals surface area (Å²) in [5.41, 5.74) is 2.94. The Bertz CT molecular complexity index is 1730. The zero-order valence-electron chi connectivity index (χ0n) is 40.4. The van der Waals surface area contributed by atoms with Crippen molar-refractivity contribution >= 4 is 35.2 Å². The second-order valence-electron chi connectivity index (χ2n) is 18.3. The molecule has 4 N–H and O–H groups in total. The van der Waals surface area contributed by atoms with E-state index in [-0.39, 0.29) is 66.2 Å². The average Bonchev–Trinajstić information content (AvgIpc) is 3.74. The topological polar surface area (TPSA) is 162 Å². The predicted octanol–water partition coefficient (Wildman–Crippen LogP) is 5.11. The number of benzene rings is 2. The van der Waals surface area contributed by atoms with Crippen LogP contribution in [-0.4, -0.2) is 136 Å². The summed E-state index contributed by atoms with van der Waals surface area (Å²) in [5.74, 6) is -1.87. The molecule has 5 amide bonds. The molecule has 352 valence electrons. The van der Waals surface area contributed by atoms with Crippen LogP contribution in [0.3, 0.4) is 0 Å². The number of anilines is 1. The van der Waals surface area contributed by atoms with E-state index >= 15 is 0 Å². The first-order valence-electron chi connectivity index (χ1n) is 22.8. The van der Waals surface area contributed by atoms with Gasteiger partial charge >= 0.3 is 0 Å². The van der Waals surface area contributed by atoms with Gasteiger partial charge in [-0.15, -0.1) is 0 Å². The first kappa shape index (κ1) is 52.8. The summed E-state index contributed by atoms with van der Waals surface area (Å²) in [6, 6.07) is 15.1. The van der Waals surface area contributed by atoms with Gasteiger partial charge in [0.15, 0.2) is 0 Å². The Hall–Kier alpha value is -4.53. The maximum absolute atomic E-state index is 14.4. The lowest BCUT2D eigenvalue weighted by molar-refractivity contribution is -0.148. The predicted molar refractivity (Wildman–Crippen MR) is 250 cm³/mol. The molecule has 1 aliphatic heterocycles. The molecular weight excluding hydrogens is 799 g/mol. The van der Waals surface area contributed by atoms with E-state index in [0.717, 1.165) is 29.7 Å². The number of nitrogens with zero attached hydrogens (tertiary/aromatic N) is 3. The summed E-state index contributed by atoms with van der Waals surface area (Å²) in [6.45, 7) is 14.6. The lowest BCUT2D eigenvalue weighted by Gasteiger charge is -2.41. The summed E-state index contributed by atoms with van der Waals surface area (Å²) in [4.78, 5) is 75.0.